The van der Waals surface area contributed by atoms with Crippen LogP contribution < -0.4 is 24.5 Å². The van der Waals surface area contributed by atoms with Crippen LogP contribution in [0.15, 0.2) is 35.3 Å². The summed E-state index contributed by atoms with van der Waals surface area (Å²) in [6.07, 6.45) is 4.25. The first-order valence-corrected chi connectivity index (χ1v) is 11.2. The normalized spacial score (nSPS) is 15.7. The average Bonchev–Trinajstić information content (AvgIpc) is 3.53. The van der Waals surface area contributed by atoms with E-state index in [0.29, 0.717) is 34.9 Å². The lowest BCUT2D eigenvalue weighted by atomic mass is 10.0. The quantitative estimate of drug-likeness (QED) is 0.433. The summed E-state index contributed by atoms with van der Waals surface area (Å²) in [7, 11) is 3.17. The predicted molar refractivity (Wildman–Crippen MR) is 126 cm³/mol. The largest absolute Gasteiger partial charge is 0.493 e. The molecule has 8 nitrogen and oxygen atoms in total. The molecule has 0 saturated carbocycles. The summed E-state index contributed by atoms with van der Waals surface area (Å²) in [6, 6.07) is 7.45. The molecule has 8 heteroatoms. The van der Waals surface area contributed by atoms with Crippen LogP contribution in [0.25, 0.3) is 32.6 Å². The molecule has 6 rings (SSSR count). The van der Waals surface area contributed by atoms with Gasteiger partial charge in [-0.15, -0.1) is 0 Å². The van der Waals surface area contributed by atoms with E-state index < -0.39 is 0 Å². The summed E-state index contributed by atoms with van der Waals surface area (Å²) in [5.74, 6) is 2.45. The van der Waals surface area contributed by atoms with Crippen LogP contribution in [0.4, 0.5) is 0 Å². The van der Waals surface area contributed by atoms with Crippen molar-refractivity contribution >= 4 is 32.6 Å². The Hall–Kier alpha value is -3.52. The van der Waals surface area contributed by atoms with Gasteiger partial charge in [-0.2, -0.15) is 0 Å². The monoisotopic (exact) mass is 447 g/mol. The van der Waals surface area contributed by atoms with Gasteiger partial charge in [0.05, 0.1) is 30.6 Å². The van der Waals surface area contributed by atoms with E-state index in [1.54, 1.807) is 20.3 Å². The third-order valence-corrected chi connectivity index (χ3v) is 6.73. The van der Waals surface area contributed by atoms with Gasteiger partial charge in [0.1, 0.15) is 0 Å². The van der Waals surface area contributed by atoms with Crippen molar-refractivity contribution in [3.63, 3.8) is 0 Å². The number of rotatable bonds is 5. The summed E-state index contributed by atoms with van der Waals surface area (Å²) < 4.78 is 24.1. The minimum Gasteiger partial charge on any atom is -0.493 e. The first kappa shape index (κ1) is 20.1. The molecule has 2 aliphatic heterocycles. The van der Waals surface area contributed by atoms with Crippen molar-refractivity contribution in [1.29, 1.82) is 0 Å². The van der Waals surface area contributed by atoms with Crippen LogP contribution in [0.1, 0.15) is 12.8 Å². The molecule has 2 aliphatic rings. The third-order valence-electron chi connectivity index (χ3n) is 6.73. The number of benzene rings is 2. The van der Waals surface area contributed by atoms with Gasteiger partial charge >= 0.3 is 0 Å². The molecule has 1 saturated heterocycles. The molecule has 4 heterocycles. The molecular formula is C25H25N3O5. The van der Waals surface area contributed by atoms with E-state index in [0.717, 1.165) is 46.8 Å². The molecule has 0 amide bonds. The summed E-state index contributed by atoms with van der Waals surface area (Å²) in [5, 5.41) is 3.13. The van der Waals surface area contributed by atoms with Crippen LogP contribution in [-0.4, -0.2) is 55.1 Å². The SMILES string of the molecule is COc1cc2c(=O)n(CCN3CCCC3)c3c4cc5c(cc4ncc3c2cc1OC)OCO5. The van der Waals surface area contributed by atoms with E-state index in [1.807, 2.05) is 29.0 Å². The number of hydrogen-bond acceptors (Lipinski definition) is 7. The molecule has 0 atom stereocenters. The number of methoxy groups -OCH3 is 2. The average molecular weight is 447 g/mol. The molecule has 1 fully saturated rings. The van der Waals surface area contributed by atoms with Gasteiger partial charge in [-0.05, 0) is 44.1 Å². The first-order valence-electron chi connectivity index (χ1n) is 11.2. The molecule has 2 aromatic carbocycles. The maximum absolute atomic E-state index is 13.9. The molecule has 2 aromatic heterocycles. The van der Waals surface area contributed by atoms with Gasteiger partial charge in [-0.25, -0.2) is 0 Å². The van der Waals surface area contributed by atoms with Crippen molar-refractivity contribution in [3.05, 3.63) is 40.8 Å². The van der Waals surface area contributed by atoms with Gasteiger partial charge < -0.3 is 28.4 Å². The van der Waals surface area contributed by atoms with Crippen molar-refractivity contribution in [2.45, 2.75) is 19.4 Å². The highest BCUT2D eigenvalue weighted by Crippen LogP contribution is 2.40. The fraction of sp³-hybridized carbons (Fsp3) is 0.360. The van der Waals surface area contributed by atoms with E-state index in [1.165, 1.54) is 12.8 Å². The number of pyridine rings is 2. The van der Waals surface area contributed by atoms with Crippen molar-refractivity contribution in [3.8, 4) is 23.0 Å². The zero-order valence-corrected chi connectivity index (χ0v) is 18.7. The number of likely N-dealkylation sites (tertiary alicyclic amines) is 1. The highest BCUT2D eigenvalue weighted by molar-refractivity contribution is 6.15. The zero-order chi connectivity index (χ0) is 22.5. The number of nitrogens with zero attached hydrogens (tertiary/aromatic N) is 3. The zero-order valence-electron chi connectivity index (χ0n) is 18.7. The van der Waals surface area contributed by atoms with Gasteiger partial charge in [0.2, 0.25) is 6.79 Å². The minimum atomic E-state index is -0.0529. The molecule has 4 aromatic rings. The van der Waals surface area contributed by atoms with Crippen molar-refractivity contribution in [1.82, 2.24) is 14.5 Å². The summed E-state index contributed by atoms with van der Waals surface area (Å²) in [5.41, 5.74) is 1.56. The van der Waals surface area contributed by atoms with E-state index in [9.17, 15) is 4.79 Å². The summed E-state index contributed by atoms with van der Waals surface area (Å²) >= 11 is 0. The molecule has 0 N–H and O–H groups in total. The Kier molecular flexibility index (Phi) is 4.76. The lowest BCUT2D eigenvalue weighted by Gasteiger charge is -2.19. The fourth-order valence-corrected chi connectivity index (χ4v) is 5.04. The Labute approximate surface area is 190 Å². The van der Waals surface area contributed by atoms with Crippen molar-refractivity contribution < 1.29 is 18.9 Å². The second-order valence-corrected chi connectivity index (χ2v) is 8.50. The Balaban J connectivity index is 1.68. The smallest absolute Gasteiger partial charge is 0.259 e. The topological polar surface area (TPSA) is 75.1 Å². The molecular weight excluding hydrogens is 422 g/mol. The standard InChI is InChI=1S/C25H25N3O5/c1-30-20-9-15-16(10-21(20)31-2)25(29)28(8-7-27-5-3-4-6-27)24-17-11-22-23(33-14-32-22)12-19(17)26-13-18(15)24/h9-13H,3-8,14H2,1-2H3. The van der Waals surface area contributed by atoms with Crippen molar-refractivity contribution in [2.75, 3.05) is 40.6 Å². The molecule has 0 spiro atoms. The molecule has 0 aliphatic carbocycles. The molecule has 0 radical (unpaired) electrons. The first-order chi connectivity index (χ1) is 16.2. The highest BCUT2D eigenvalue weighted by Gasteiger charge is 2.21. The van der Waals surface area contributed by atoms with Gasteiger partial charge in [0, 0.05) is 41.5 Å². The van der Waals surface area contributed by atoms with E-state index in [2.05, 4.69) is 4.90 Å². The predicted octanol–water partition coefficient (Wildman–Crippen LogP) is 3.54. The molecule has 170 valence electrons. The maximum Gasteiger partial charge on any atom is 0.259 e. The van der Waals surface area contributed by atoms with Crippen LogP contribution in [-0.2, 0) is 6.54 Å². The van der Waals surface area contributed by atoms with Crippen LogP contribution in [0.3, 0.4) is 0 Å². The lowest BCUT2D eigenvalue weighted by molar-refractivity contribution is 0.174. The van der Waals surface area contributed by atoms with Gasteiger partial charge in [-0.3, -0.25) is 9.78 Å². The van der Waals surface area contributed by atoms with Crippen LogP contribution in [0.5, 0.6) is 23.0 Å². The fourth-order valence-electron chi connectivity index (χ4n) is 5.04. The number of aromatic nitrogens is 2. The number of ether oxygens (including phenoxy) is 4. The second kappa shape index (κ2) is 7.81. The van der Waals surface area contributed by atoms with E-state index in [-0.39, 0.29) is 12.4 Å². The molecule has 0 bridgehead atoms. The minimum absolute atomic E-state index is 0.0529. The van der Waals surface area contributed by atoms with Gasteiger partial charge in [0.15, 0.2) is 23.0 Å². The summed E-state index contributed by atoms with van der Waals surface area (Å²) in [4.78, 5) is 21.0. The molecule has 0 unspecified atom stereocenters. The second-order valence-electron chi connectivity index (χ2n) is 8.50. The lowest BCUT2D eigenvalue weighted by Crippen LogP contribution is -2.29. The molecule has 33 heavy (non-hydrogen) atoms. The van der Waals surface area contributed by atoms with E-state index in [4.69, 9.17) is 23.9 Å². The Morgan fingerprint density at radius 3 is 2.30 bits per heavy atom. The van der Waals surface area contributed by atoms with Crippen LogP contribution >= 0.6 is 0 Å². The Morgan fingerprint density at radius 1 is 0.879 bits per heavy atom. The van der Waals surface area contributed by atoms with Gasteiger partial charge in [0.25, 0.3) is 5.56 Å². The maximum atomic E-state index is 13.9. The Morgan fingerprint density at radius 2 is 1.58 bits per heavy atom. The van der Waals surface area contributed by atoms with Gasteiger partial charge in [-0.1, -0.05) is 0 Å². The summed E-state index contributed by atoms with van der Waals surface area (Å²) in [6.45, 7) is 3.75. The highest BCUT2D eigenvalue weighted by atomic mass is 16.7. The van der Waals surface area contributed by atoms with Crippen molar-refractivity contribution in [2.24, 2.45) is 0 Å². The van der Waals surface area contributed by atoms with Crippen LogP contribution in [0, 0.1) is 0 Å². The Bertz CT molecular complexity index is 1460. The number of hydrogen-bond donors (Lipinski definition) is 0. The number of fused-ring (bicyclic) bond motifs is 6. The third kappa shape index (κ3) is 3.16. The van der Waals surface area contributed by atoms with E-state index >= 15 is 0 Å². The van der Waals surface area contributed by atoms with Crippen LogP contribution in [0.2, 0.25) is 0 Å².